The van der Waals surface area contributed by atoms with Crippen LogP contribution in [0, 0.1) is 5.92 Å². The molecule has 0 radical (unpaired) electrons. The van der Waals surface area contributed by atoms with E-state index in [2.05, 4.69) is 0 Å². The first kappa shape index (κ1) is 18.0. The Labute approximate surface area is 153 Å². The molecule has 0 bridgehead atoms. The van der Waals surface area contributed by atoms with Gasteiger partial charge in [-0.25, -0.2) is 4.79 Å². The van der Waals surface area contributed by atoms with Crippen LogP contribution in [0.25, 0.3) is 0 Å². The molecule has 0 saturated carbocycles. The van der Waals surface area contributed by atoms with E-state index < -0.39 is 5.97 Å². The number of aromatic carboxylic acids is 1. The number of carbonyl (C=O) groups is 2. The maximum Gasteiger partial charge on any atom is 0.335 e. The van der Waals surface area contributed by atoms with Gasteiger partial charge in [0.2, 0.25) is 5.91 Å². The largest absolute Gasteiger partial charge is 0.497 e. The Balaban J connectivity index is 1.67. The van der Waals surface area contributed by atoms with E-state index >= 15 is 0 Å². The Hall–Kier alpha value is -2.82. The standard InChI is InChI=1S/C21H23NO4/c1-14(11-15-3-7-19(26-2)8-4-15)20(23)22-10-9-16-5-6-17(21(24)25)12-18(16)13-22/h3-8,12,14H,9-11,13H2,1-2H3,(H,24,25). The van der Waals surface area contributed by atoms with E-state index in [4.69, 9.17) is 9.84 Å². The number of ether oxygens (including phenoxy) is 1. The predicted molar refractivity (Wildman–Crippen MR) is 98.4 cm³/mol. The average Bonchev–Trinajstić information content (AvgIpc) is 2.67. The molecule has 1 N–H and O–H groups in total. The first-order chi connectivity index (χ1) is 12.5. The highest BCUT2D eigenvalue weighted by molar-refractivity contribution is 5.88. The zero-order valence-electron chi connectivity index (χ0n) is 15.1. The Morgan fingerprint density at radius 3 is 2.54 bits per heavy atom. The van der Waals surface area contributed by atoms with Crippen molar-refractivity contribution in [2.75, 3.05) is 13.7 Å². The van der Waals surface area contributed by atoms with Gasteiger partial charge >= 0.3 is 5.97 Å². The topological polar surface area (TPSA) is 66.8 Å². The van der Waals surface area contributed by atoms with Gasteiger partial charge in [-0.1, -0.05) is 25.1 Å². The van der Waals surface area contributed by atoms with Gasteiger partial charge in [0.05, 0.1) is 12.7 Å². The molecule has 136 valence electrons. The first-order valence-electron chi connectivity index (χ1n) is 8.74. The monoisotopic (exact) mass is 353 g/mol. The number of benzene rings is 2. The van der Waals surface area contributed by atoms with Gasteiger partial charge in [0.15, 0.2) is 0 Å². The summed E-state index contributed by atoms with van der Waals surface area (Å²) in [6.07, 6.45) is 1.43. The van der Waals surface area contributed by atoms with Crippen LogP contribution < -0.4 is 4.74 Å². The highest BCUT2D eigenvalue weighted by Crippen LogP contribution is 2.23. The molecule has 1 aliphatic rings. The van der Waals surface area contributed by atoms with Crippen molar-refractivity contribution >= 4 is 11.9 Å². The lowest BCUT2D eigenvalue weighted by atomic mass is 9.95. The fraction of sp³-hybridized carbons (Fsp3) is 0.333. The number of nitrogens with zero attached hydrogens (tertiary/aromatic N) is 1. The molecule has 1 amide bonds. The zero-order chi connectivity index (χ0) is 18.7. The molecule has 1 aliphatic heterocycles. The number of carboxylic acids is 1. The van der Waals surface area contributed by atoms with Crippen molar-refractivity contribution in [3.8, 4) is 5.75 Å². The summed E-state index contributed by atoms with van der Waals surface area (Å²) in [5, 5.41) is 9.16. The maximum atomic E-state index is 12.8. The molecule has 1 unspecified atom stereocenters. The van der Waals surface area contributed by atoms with Gasteiger partial charge in [-0.15, -0.1) is 0 Å². The molecular weight excluding hydrogens is 330 g/mol. The molecule has 0 aliphatic carbocycles. The van der Waals surface area contributed by atoms with Crippen LogP contribution in [0.1, 0.15) is 34.0 Å². The normalized spacial score (nSPS) is 14.5. The Morgan fingerprint density at radius 1 is 1.15 bits per heavy atom. The predicted octanol–water partition coefficient (Wildman–Crippen LogP) is 3.16. The van der Waals surface area contributed by atoms with Crippen molar-refractivity contribution in [3.05, 3.63) is 64.7 Å². The Morgan fingerprint density at radius 2 is 1.88 bits per heavy atom. The van der Waals surface area contributed by atoms with Crippen LogP contribution in [0.4, 0.5) is 0 Å². The van der Waals surface area contributed by atoms with Crippen LogP contribution >= 0.6 is 0 Å². The number of hydrogen-bond acceptors (Lipinski definition) is 3. The third kappa shape index (κ3) is 3.87. The summed E-state index contributed by atoms with van der Waals surface area (Å²) in [5.74, 6) is -0.168. The first-order valence-corrected chi connectivity index (χ1v) is 8.74. The number of carbonyl (C=O) groups excluding carboxylic acids is 1. The number of methoxy groups -OCH3 is 1. The van der Waals surface area contributed by atoms with Gasteiger partial charge in [-0.05, 0) is 53.8 Å². The van der Waals surface area contributed by atoms with Gasteiger partial charge in [0, 0.05) is 19.0 Å². The van der Waals surface area contributed by atoms with Gasteiger partial charge in [-0.3, -0.25) is 4.79 Å². The highest BCUT2D eigenvalue weighted by Gasteiger charge is 2.25. The lowest BCUT2D eigenvalue weighted by Gasteiger charge is -2.31. The fourth-order valence-electron chi connectivity index (χ4n) is 3.39. The van der Waals surface area contributed by atoms with E-state index in [1.807, 2.05) is 42.2 Å². The van der Waals surface area contributed by atoms with E-state index in [0.29, 0.717) is 19.5 Å². The number of carboxylic acid groups (broad SMARTS) is 1. The second-order valence-electron chi connectivity index (χ2n) is 6.75. The van der Waals surface area contributed by atoms with Crippen LogP contribution in [0.5, 0.6) is 5.75 Å². The molecule has 0 fully saturated rings. The minimum atomic E-state index is -0.941. The van der Waals surface area contributed by atoms with Crippen molar-refractivity contribution < 1.29 is 19.4 Å². The molecule has 3 rings (SSSR count). The summed E-state index contributed by atoms with van der Waals surface area (Å²) in [6.45, 7) is 3.09. The van der Waals surface area contributed by atoms with Crippen LogP contribution in [0.2, 0.25) is 0 Å². The quantitative estimate of drug-likeness (QED) is 0.897. The number of rotatable bonds is 5. The van der Waals surface area contributed by atoms with Crippen LogP contribution in [-0.4, -0.2) is 35.5 Å². The van der Waals surface area contributed by atoms with E-state index in [9.17, 15) is 9.59 Å². The average molecular weight is 353 g/mol. The van der Waals surface area contributed by atoms with Gasteiger partial charge in [0.1, 0.15) is 5.75 Å². The highest BCUT2D eigenvalue weighted by atomic mass is 16.5. The van der Waals surface area contributed by atoms with Crippen molar-refractivity contribution in [2.24, 2.45) is 5.92 Å². The van der Waals surface area contributed by atoms with Crippen LogP contribution in [0.15, 0.2) is 42.5 Å². The van der Waals surface area contributed by atoms with E-state index in [0.717, 1.165) is 28.9 Å². The summed E-state index contributed by atoms with van der Waals surface area (Å²) in [6, 6.07) is 12.9. The second-order valence-corrected chi connectivity index (χ2v) is 6.75. The van der Waals surface area contributed by atoms with Gasteiger partial charge < -0.3 is 14.7 Å². The molecule has 1 atom stereocenters. The van der Waals surface area contributed by atoms with Crippen molar-refractivity contribution in [2.45, 2.75) is 26.3 Å². The van der Waals surface area contributed by atoms with Gasteiger partial charge in [0.25, 0.3) is 0 Å². The van der Waals surface area contributed by atoms with Crippen LogP contribution in [0.3, 0.4) is 0 Å². The zero-order valence-corrected chi connectivity index (χ0v) is 15.1. The lowest BCUT2D eigenvalue weighted by molar-refractivity contribution is -0.135. The SMILES string of the molecule is COc1ccc(CC(C)C(=O)N2CCc3ccc(C(=O)O)cc3C2)cc1. The van der Waals surface area contributed by atoms with Crippen LogP contribution in [-0.2, 0) is 24.2 Å². The molecule has 1 heterocycles. The van der Waals surface area contributed by atoms with Crippen molar-refractivity contribution in [1.29, 1.82) is 0 Å². The summed E-state index contributed by atoms with van der Waals surface area (Å²) in [4.78, 5) is 25.8. The van der Waals surface area contributed by atoms with Crippen molar-refractivity contribution in [3.63, 3.8) is 0 Å². The van der Waals surface area contributed by atoms with E-state index in [1.165, 1.54) is 0 Å². The summed E-state index contributed by atoms with van der Waals surface area (Å²) in [5.41, 5.74) is 3.42. The number of amides is 1. The minimum Gasteiger partial charge on any atom is -0.497 e. The third-order valence-electron chi connectivity index (χ3n) is 4.90. The molecule has 0 saturated heterocycles. The van der Waals surface area contributed by atoms with Crippen molar-refractivity contribution in [1.82, 2.24) is 4.90 Å². The molecule has 5 nitrogen and oxygen atoms in total. The smallest absolute Gasteiger partial charge is 0.335 e. The number of hydrogen-bond donors (Lipinski definition) is 1. The van der Waals surface area contributed by atoms with Gasteiger partial charge in [-0.2, -0.15) is 0 Å². The molecule has 26 heavy (non-hydrogen) atoms. The Kier molecular flexibility index (Phi) is 5.26. The van der Waals surface area contributed by atoms with E-state index in [-0.39, 0.29) is 17.4 Å². The third-order valence-corrected chi connectivity index (χ3v) is 4.90. The molecule has 0 aromatic heterocycles. The molecule has 2 aromatic rings. The second kappa shape index (κ2) is 7.60. The molecule has 0 spiro atoms. The van der Waals surface area contributed by atoms with E-state index in [1.54, 1.807) is 19.2 Å². The maximum absolute atomic E-state index is 12.8. The molecule has 2 aromatic carbocycles. The molecule has 5 heteroatoms. The minimum absolute atomic E-state index is 0.104. The lowest BCUT2D eigenvalue weighted by Crippen LogP contribution is -2.39. The Bertz CT molecular complexity index is 813. The summed E-state index contributed by atoms with van der Waals surface area (Å²) < 4.78 is 5.16. The number of fused-ring (bicyclic) bond motifs is 1. The summed E-state index contributed by atoms with van der Waals surface area (Å²) >= 11 is 0. The summed E-state index contributed by atoms with van der Waals surface area (Å²) in [7, 11) is 1.63. The fourth-order valence-corrected chi connectivity index (χ4v) is 3.39. The molecular formula is C21H23NO4.